The highest BCUT2D eigenvalue weighted by molar-refractivity contribution is 6.24. The Balaban J connectivity index is 1.14. The van der Waals surface area contributed by atoms with E-state index in [-0.39, 0.29) is 0 Å². The normalized spacial score (nSPS) is 12.6. The molecule has 264 valence electrons. The van der Waals surface area contributed by atoms with Crippen LogP contribution >= 0.6 is 0 Å². The Morgan fingerprint density at radius 1 is 0.582 bits per heavy atom. The Kier molecular flexibility index (Phi) is 9.15. The highest BCUT2D eigenvalue weighted by Gasteiger charge is 2.18. The summed E-state index contributed by atoms with van der Waals surface area (Å²) >= 11 is 0. The predicted octanol–water partition coefficient (Wildman–Crippen LogP) is 14.5. The van der Waals surface area contributed by atoms with Crippen molar-refractivity contribution in [1.82, 2.24) is 0 Å². The number of nitrogens with two attached hydrogens (primary N) is 1. The van der Waals surface area contributed by atoms with Gasteiger partial charge in [0.05, 0.1) is 0 Å². The fraction of sp³-hybridized carbons (Fsp3) is 0.0566. The number of rotatable bonds is 9. The first kappa shape index (κ1) is 33.9. The van der Waals surface area contributed by atoms with E-state index >= 15 is 0 Å². The molecular formula is C53H41NO. The second-order valence-corrected chi connectivity index (χ2v) is 14.0. The molecule has 2 N–H and O–H groups in total. The zero-order valence-electron chi connectivity index (χ0n) is 30.9. The maximum Gasteiger partial charge on any atom is 0.143 e. The Labute approximate surface area is 322 Å². The van der Waals surface area contributed by atoms with Crippen molar-refractivity contribution >= 4 is 60.8 Å². The topological polar surface area (TPSA) is 39.2 Å². The smallest absolute Gasteiger partial charge is 0.143 e. The summed E-state index contributed by atoms with van der Waals surface area (Å²) in [6, 6.07) is 62.1. The van der Waals surface area contributed by atoms with Crippen molar-refractivity contribution in [2.45, 2.75) is 19.8 Å². The summed E-state index contributed by atoms with van der Waals surface area (Å²) in [6.45, 7) is 2.20. The molecule has 0 radical (unpaired) electrons. The van der Waals surface area contributed by atoms with Gasteiger partial charge in [0.25, 0.3) is 0 Å². The van der Waals surface area contributed by atoms with Crippen molar-refractivity contribution in [1.29, 1.82) is 0 Å². The van der Waals surface area contributed by atoms with Crippen molar-refractivity contribution in [2.24, 2.45) is 5.73 Å². The maximum atomic E-state index is 7.25. The second-order valence-electron chi connectivity index (χ2n) is 14.0. The van der Waals surface area contributed by atoms with Crippen LogP contribution in [0.4, 0.5) is 0 Å². The number of allylic oxidation sites excluding steroid dienone is 4. The van der Waals surface area contributed by atoms with Crippen LogP contribution in [-0.2, 0) is 0 Å². The molecule has 0 aliphatic rings. The average Bonchev–Trinajstić information content (AvgIpc) is 3.66. The molecule has 0 aliphatic heterocycles. The number of hydrogen-bond donors (Lipinski definition) is 1. The molecule has 0 spiro atoms. The van der Waals surface area contributed by atoms with Crippen molar-refractivity contribution in [3.8, 4) is 22.3 Å². The minimum atomic E-state index is 0.721. The molecule has 0 unspecified atom stereocenters. The third-order valence-electron chi connectivity index (χ3n) is 10.7. The molecule has 9 rings (SSSR count). The molecule has 1 aromatic heterocycles. The van der Waals surface area contributed by atoms with E-state index in [1.165, 1.54) is 38.4 Å². The first-order chi connectivity index (χ1) is 27.2. The van der Waals surface area contributed by atoms with Gasteiger partial charge in [0.1, 0.15) is 11.2 Å². The molecule has 2 nitrogen and oxygen atoms in total. The van der Waals surface area contributed by atoms with Gasteiger partial charge in [-0.3, -0.25) is 0 Å². The van der Waals surface area contributed by atoms with Crippen molar-refractivity contribution < 1.29 is 4.42 Å². The summed E-state index contributed by atoms with van der Waals surface area (Å²) in [5.74, 6) is 0. The maximum absolute atomic E-state index is 7.25. The molecule has 0 saturated carbocycles. The molecule has 0 amide bonds. The lowest BCUT2D eigenvalue weighted by atomic mass is 9.88. The van der Waals surface area contributed by atoms with Gasteiger partial charge in [0.2, 0.25) is 0 Å². The minimum absolute atomic E-state index is 0.721. The van der Waals surface area contributed by atoms with Gasteiger partial charge in [-0.1, -0.05) is 189 Å². The van der Waals surface area contributed by atoms with E-state index in [1.807, 2.05) is 0 Å². The lowest BCUT2D eigenvalue weighted by molar-refractivity contribution is 0.668. The van der Waals surface area contributed by atoms with Crippen LogP contribution in [0.25, 0.3) is 83.1 Å². The van der Waals surface area contributed by atoms with Gasteiger partial charge in [0.15, 0.2) is 0 Å². The summed E-state index contributed by atoms with van der Waals surface area (Å²) < 4.78 is 6.72. The summed E-state index contributed by atoms with van der Waals surface area (Å²) in [4.78, 5) is 0. The van der Waals surface area contributed by atoms with Crippen molar-refractivity contribution in [3.05, 3.63) is 210 Å². The molecule has 8 aromatic carbocycles. The van der Waals surface area contributed by atoms with Gasteiger partial charge in [-0.15, -0.1) is 0 Å². The van der Waals surface area contributed by atoms with Gasteiger partial charge in [-0.2, -0.15) is 0 Å². The molecule has 0 bridgehead atoms. The molecule has 9 aromatic rings. The highest BCUT2D eigenvalue weighted by Crippen LogP contribution is 2.42. The number of fused-ring (bicyclic) bond motifs is 6. The summed E-state index contributed by atoms with van der Waals surface area (Å²) in [7, 11) is 0. The van der Waals surface area contributed by atoms with E-state index in [0.29, 0.717) is 0 Å². The van der Waals surface area contributed by atoms with Crippen LogP contribution in [0.3, 0.4) is 0 Å². The molecule has 0 fully saturated rings. The van der Waals surface area contributed by atoms with Crippen LogP contribution in [0.2, 0.25) is 0 Å². The van der Waals surface area contributed by atoms with Crippen molar-refractivity contribution in [2.75, 3.05) is 0 Å². The molecule has 55 heavy (non-hydrogen) atoms. The first-order valence-electron chi connectivity index (χ1n) is 19.1. The zero-order chi connectivity index (χ0) is 37.1. The lowest BCUT2D eigenvalue weighted by Gasteiger charge is -2.18. The van der Waals surface area contributed by atoms with Gasteiger partial charge in [-0.25, -0.2) is 0 Å². The van der Waals surface area contributed by atoms with Gasteiger partial charge in [0, 0.05) is 27.6 Å². The monoisotopic (exact) mass is 707 g/mol. The third kappa shape index (κ3) is 6.32. The molecule has 0 atom stereocenters. The Hall–Kier alpha value is -6.90. The van der Waals surface area contributed by atoms with E-state index < -0.39 is 0 Å². The quantitative estimate of drug-likeness (QED) is 0.152. The van der Waals surface area contributed by atoms with Gasteiger partial charge >= 0.3 is 0 Å². The lowest BCUT2D eigenvalue weighted by Crippen LogP contribution is -2.05. The standard InChI is InChI=1S/C53H41NO/c1-2-41(52(54)48-34-33-43(37-21-8-4-9-22-37)46-29-16-17-30-47(46)48)42(36-19-6-3-7-20-36)27-14-13-26-40-35-39-25-12-15-28-45(39)51-50-44(38-23-10-5-11-24-38)31-18-32-49(50)55-53(40)51/h3-13,15-35H,2,14,54H2,1H3/b26-13+,42-27-,52-41-. The Morgan fingerprint density at radius 2 is 1.22 bits per heavy atom. The summed E-state index contributed by atoms with van der Waals surface area (Å²) in [5.41, 5.74) is 20.2. The zero-order valence-corrected chi connectivity index (χ0v) is 30.9. The van der Waals surface area contributed by atoms with Crippen LogP contribution < -0.4 is 5.73 Å². The Morgan fingerprint density at radius 3 is 1.95 bits per heavy atom. The predicted molar refractivity (Wildman–Crippen MR) is 236 cm³/mol. The van der Waals surface area contributed by atoms with E-state index in [2.05, 4.69) is 201 Å². The van der Waals surface area contributed by atoms with Crippen LogP contribution in [0.15, 0.2) is 198 Å². The van der Waals surface area contributed by atoms with Crippen LogP contribution in [0, 0.1) is 0 Å². The SMILES string of the molecule is CCC(/C(=C\C/C=C/c1cc2ccccc2c2c1oc1cccc(-c3ccccc3)c12)c1ccccc1)=C(/N)c1ccc(-c2ccccc2)c2ccccc12. The first-order valence-corrected chi connectivity index (χ1v) is 19.1. The van der Waals surface area contributed by atoms with Crippen LogP contribution in [0.5, 0.6) is 0 Å². The third-order valence-corrected chi connectivity index (χ3v) is 10.7. The number of benzene rings is 8. The van der Waals surface area contributed by atoms with Crippen LogP contribution in [0.1, 0.15) is 36.5 Å². The fourth-order valence-electron chi connectivity index (χ4n) is 8.18. The second kappa shape index (κ2) is 14.9. The minimum Gasteiger partial charge on any atom is -0.455 e. The summed E-state index contributed by atoms with van der Waals surface area (Å²) in [5, 5.41) is 7.04. The van der Waals surface area contributed by atoms with E-state index in [1.54, 1.807) is 0 Å². The molecule has 2 heteroatoms. The molecule has 0 aliphatic carbocycles. The summed E-state index contributed by atoms with van der Waals surface area (Å²) in [6.07, 6.45) is 8.29. The number of hydrogen-bond acceptors (Lipinski definition) is 2. The average molecular weight is 708 g/mol. The highest BCUT2D eigenvalue weighted by atomic mass is 16.3. The fourth-order valence-corrected chi connectivity index (χ4v) is 8.18. The van der Waals surface area contributed by atoms with Gasteiger partial charge in [-0.05, 0) is 85.5 Å². The van der Waals surface area contributed by atoms with E-state index in [0.717, 1.165) is 73.7 Å². The largest absolute Gasteiger partial charge is 0.455 e. The molecular weight excluding hydrogens is 667 g/mol. The number of furan rings is 1. The molecule has 1 heterocycles. The Bertz CT molecular complexity index is 2910. The van der Waals surface area contributed by atoms with E-state index in [4.69, 9.17) is 10.2 Å². The van der Waals surface area contributed by atoms with Crippen LogP contribution in [-0.4, -0.2) is 0 Å². The van der Waals surface area contributed by atoms with E-state index in [9.17, 15) is 0 Å². The molecule has 0 saturated heterocycles. The van der Waals surface area contributed by atoms with Crippen molar-refractivity contribution in [3.63, 3.8) is 0 Å². The van der Waals surface area contributed by atoms with Gasteiger partial charge < -0.3 is 10.2 Å².